The molecule has 0 atom stereocenters. The van der Waals surface area contributed by atoms with Crippen molar-refractivity contribution in [1.29, 1.82) is 0 Å². The lowest BCUT2D eigenvalue weighted by atomic mass is 9.99. The van der Waals surface area contributed by atoms with Crippen LogP contribution in [0.1, 0.15) is 21.6 Å². The first-order valence-corrected chi connectivity index (χ1v) is 9.97. The second-order valence-corrected chi connectivity index (χ2v) is 7.52. The minimum atomic E-state index is 0.0278. The number of benzene rings is 2. The van der Waals surface area contributed by atoms with E-state index in [1.54, 1.807) is 13.3 Å². The Morgan fingerprint density at radius 1 is 1.10 bits per heavy atom. The molecule has 4 aromatic rings. The molecule has 150 valence electrons. The first kappa shape index (κ1) is 18.4. The van der Waals surface area contributed by atoms with Gasteiger partial charge in [0.05, 0.1) is 30.6 Å². The third-order valence-electron chi connectivity index (χ3n) is 5.68. The van der Waals surface area contributed by atoms with Gasteiger partial charge in [0.15, 0.2) is 0 Å². The van der Waals surface area contributed by atoms with Crippen LogP contribution in [0, 0.1) is 0 Å². The van der Waals surface area contributed by atoms with Crippen LogP contribution in [0.2, 0.25) is 0 Å². The molecular formula is C24H22N4O2. The summed E-state index contributed by atoms with van der Waals surface area (Å²) in [7, 11) is 3.62. The quantitative estimate of drug-likeness (QED) is 0.526. The van der Waals surface area contributed by atoms with Gasteiger partial charge in [-0.05, 0) is 42.8 Å². The number of aryl methyl sites for hydroxylation is 1. The summed E-state index contributed by atoms with van der Waals surface area (Å²) < 4.78 is 7.29. The van der Waals surface area contributed by atoms with Gasteiger partial charge in [-0.3, -0.25) is 14.5 Å². The van der Waals surface area contributed by atoms with Gasteiger partial charge in [-0.15, -0.1) is 0 Å². The van der Waals surface area contributed by atoms with Crippen molar-refractivity contribution in [3.05, 3.63) is 77.6 Å². The fourth-order valence-electron chi connectivity index (χ4n) is 4.22. The fourth-order valence-corrected chi connectivity index (χ4v) is 4.22. The molecule has 0 bridgehead atoms. The van der Waals surface area contributed by atoms with Crippen LogP contribution in [-0.4, -0.2) is 39.2 Å². The topological polar surface area (TPSA) is 60.2 Å². The summed E-state index contributed by atoms with van der Waals surface area (Å²) in [6, 6.07) is 17.6. The molecule has 1 amide bonds. The van der Waals surface area contributed by atoms with Crippen molar-refractivity contribution in [3.8, 4) is 17.0 Å². The fraction of sp³-hybridized carbons (Fsp3) is 0.208. The summed E-state index contributed by atoms with van der Waals surface area (Å²) >= 11 is 0. The maximum atomic E-state index is 13.2. The van der Waals surface area contributed by atoms with Gasteiger partial charge in [0, 0.05) is 41.9 Å². The molecule has 1 aliphatic rings. The Balaban J connectivity index is 1.44. The molecule has 0 spiro atoms. The highest BCUT2D eigenvalue weighted by Gasteiger charge is 2.27. The summed E-state index contributed by atoms with van der Waals surface area (Å²) in [4.78, 5) is 19.4. The molecule has 0 radical (unpaired) electrons. The molecule has 6 heteroatoms. The smallest absolute Gasteiger partial charge is 0.254 e. The molecule has 5 rings (SSSR count). The average molecular weight is 398 g/mol. The Kier molecular flexibility index (Phi) is 4.47. The lowest BCUT2D eigenvalue weighted by Gasteiger charge is -2.27. The first-order valence-electron chi connectivity index (χ1n) is 9.97. The predicted octanol–water partition coefficient (Wildman–Crippen LogP) is 3.84. The Labute approximate surface area is 174 Å². The van der Waals surface area contributed by atoms with Crippen molar-refractivity contribution in [3.63, 3.8) is 0 Å². The van der Waals surface area contributed by atoms with Gasteiger partial charge in [0.2, 0.25) is 0 Å². The van der Waals surface area contributed by atoms with E-state index in [1.165, 1.54) is 5.56 Å². The van der Waals surface area contributed by atoms with Crippen molar-refractivity contribution in [2.24, 2.45) is 7.05 Å². The average Bonchev–Trinajstić information content (AvgIpc) is 3.13. The third-order valence-corrected chi connectivity index (χ3v) is 5.68. The van der Waals surface area contributed by atoms with E-state index in [9.17, 15) is 4.79 Å². The van der Waals surface area contributed by atoms with Gasteiger partial charge in [0.1, 0.15) is 5.75 Å². The largest absolute Gasteiger partial charge is 0.497 e. The Morgan fingerprint density at radius 3 is 2.87 bits per heavy atom. The molecule has 0 aliphatic carbocycles. The molecule has 30 heavy (non-hydrogen) atoms. The monoisotopic (exact) mass is 398 g/mol. The van der Waals surface area contributed by atoms with Crippen molar-refractivity contribution in [2.75, 3.05) is 13.7 Å². The van der Waals surface area contributed by atoms with Crippen LogP contribution < -0.4 is 4.74 Å². The Hall–Kier alpha value is -3.67. The number of nitrogens with zero attached hydrogens (tertiary/aromatic N) is 4. The maximum absolute atomic E-state index is 13.2. The normalized spacial score (nSPS) is 13.3. The standard InChI is InChI=1S/C24H22N4O2/c1-27-23(17-5-3-7-19(14-17)30-2)20-10-12-28(15-22(20)26-27)24(29)18-8-9-21-16(13-18)6-4-11-25-21/h3-9,11,13-14H,10,12,15H2,1-2H3. The van der Waals surface area contributed by atoms with Crippen molar-refractivity contribution < 1.29 is 9.53 Å². The zero-order chi connectivity index (χ0) is 20.7. The number of carbonyl (C=O) groups excluding carboxylic acids is 1. The summed E-state index contributed by atoms with van der Waals surface area (Å²) in [6.45, 7) is 1.18. The van der Waals surface area contributed by atoms with Crippen molar-refractivity contribution in [2.45, 2.75) is 13.0 Å². The van der Waals surface area contributed by atoms with Gasteiger partial charge in [-0.25, -0.2) is 0 Å². The van der Waals surface area contributed by atoms with Gasteiger partial charge in [-0.1, -0.05) is 18.2 Å². The molecule has 0 saturated carbocycles. The second kappa shape index (κ2) is 7.30. The van der Waals surface area contributed by atoms with Crippen LogP contribution >= 0.6 is 0 Å². The van der Waals surface area contributed by atoms with Crippen molar-refractivity contribution >= 4 is 16.8 Å². The SMILES string of the molecule is COc1cccc(-c2c3c(nn2C)CN(C(=O)c2ccc4ncccc4c2)CC3)c1. The van der Waals surface area contributed by atoms with E-state index in [1.807, 2.05) is 65.2 Å². The highest BCUT2D eigenvalue weighted by Crippen LogP contribution is 2.32. The predicted molar refractivity (Wildman–Crippen MR) is 115 cm³/mol. The van der Waals surface area contributed by atoms with E-state index in [4.69, 9.17) is 9.84 Å². The minimum absolute atomic E-state index is 0.0278. The van der Waals surface area contributed by atoms with Crippen LogP contribution in [0.3, 0.4) is 0 Å². The summed E-state index contributed by atoms with van der Waals surface area (Å²) in [6.07, 6.45) is 2.54. The van der Waals surface area contributed by atoms with E-state index >= 15 is 0 Å². The van der Waals surface area contributed by atoms with Crippen molar-refractivity contribution in [1.82, 2.24) is 19.7 Å². The summed E-state index contributed by atoms with van der Waals surface area (Å²) in [5.41, 5.74) is 5.90. The molecule has 2 aromatic heterocycles. The number of amides is 1. The summed E-state index contributed by atoms with van der Waals surface area (Å²) in [5, 5.41) is 5.70. The molecule has 2 aromatic carbocycles. The molecule has 0 fully saturated rings. The van der Waals surface area contributed by atoms with E-state index in [0.717, 1.165) is 40.0 Å². The Bertz CT molecular complexity index is 1260. The highest BCUT2D eigenvalue weighted by molar-refractivity contribution is 5.98. The molecular weight excluding hydrogens is 376 g/mol. The van der Waals surface area contributed by atoms with Crippen LogP contribution in [0.15, 0.2) is 60.8 Å². The van der Waals surface area contributed by atoms with Crippen LogP contribution in [0.5, 0.6) is 5.75 Å². The van der Waals surface area contributed by atoms with Gasteiger partial charge in [0.25, 0.3) is 5.91 Å². The lowest BCUT2D eigenvalue weighted by Crippen LogP contribution is -2.36. The molecule has 0 N–H and O–H groups in total. The number of ether oxygens (including phenoxy) is 1. The van der Waals surface area contributed by atoms with Gasteiger partial charge >= 0.3 is 0 Å². The third kappa shape index (κ3) is 3.10. The van der Waals surface area contributed by atoms with Crippen LogP contribution in [0.25, 0.3) is 22.2 Å². The molecule has 6 nitrogen and oxygen atoms in total. The Morgan fingerprint density at radius 2 is 2.00 bits per heavy atom. The number of hydrogen-bond donors (Lipinski definition) is 0. The zero-order valence-electron chi connectivity index (χ0n) is 17.0. The number of pyridine rings is 1. The number of rotatable bonds is 3. The summed E-state index contributed by atoms with van der Waals surface area (Å²) in [5.74, 6) is 0.848. The molecule has 3 heterocycles. The highest BCUT2D eigenvalue weighted by atomic mass is 16.5. The lowest BCUT2D eigenvalue weighted by molar-refractivity contribution is 0.0732. The minimum Gasteiger partial charge on any atom is -0.497 e. The van der Waals surface area contributed by atoms with Crippen LogP contribution in [0.4, 0.5) is 0 Å². The number of carbonyl (C=O) groups is 1. The zero-order valence-corrected chi connectivity index (χ0v) is 17.0. The molecule has 0 saturated heterocycles. The van der Waals surface area contributed by atoms with E-state index < -0.39 is 0 Å². The number of aromatic nitrogens is 3. The number of fused-ring (bicyclic) bond motifs is 2. The first-order chi connectivity index (χ1) is 14.6. The molecule has 0 unspecified atom stereocenters. The van der Waals surface area contributed by atoms with E-state index in [0.29, 0.717) is 18.7 Å². The van der Waals surface area contributed by atoms with E-state index in [-0.39, 0.29) is 5.91 Å². The molecule has 1 aliphatic heterocycles. The number of methoxy groups -OCH3 is 1. The number of hydrogen-bond acceptors (Lipinski definition) is 4. The van der Waals surface area contributed by atoms with Gasteiger partial charge in [-0.2, -0.15) is 5.10 Å². The van der Waals surface area contributed by atoms with Crippen LogP contribution in [-0.2, 0) is 20.0 Å². The second-order valence-electron chi connectivity index (χ2n) is 7.52. The van der Waals surface area contributed by atoms with Gasteiger partial charge < -0.3 is 9.64 Å². The maximum Gasteiger partial charge on any atom is 0.254 e. The van der Waals surface area contributed by atoms with E-state index in [2.05, 4.69) is 11.1 Å².